The van der Waals surface area contributed by atoms with Crippen molar-refractivity contribution in [2.24, 2.45) is 0 Å². The number of anilines is 2. The zero-order valence-electron chi connectivity index (χ0n) is 14.8. The molecule has 0 radical (unpaired) electrons. The molecule has 0 aliphatic rings. The van der Waals surface area contributed by atoms with Gasteiger partial charge in [-0.05, 0) is 36.8 Å². The minimum Gasteiger partial charge on any atom is -0.495 e. The third-order valence-corrected chi connectivity index (χ3v) is 5.42. The fourth-order valence-corrected chi connectivity index (χ4v) is 3.64. The standard InChI is InChI=1S/C18H21ClN2O4S/c1-13-14(19)7-6-9-16(13)21(26(3,23)24)12-11-18(22)20-15-8-4-5-10-17(15)25-2/h4-10H,11-12H2,1-3H3,(H,20,22). The summed E-state index contributed by atoms with van der Waals surface area (Å²) in [5.74, 6) is 0.217. The van der Waals surface area contributed by atoms with Crippen LogP contribution in [-0.4, -0.2) is 34.2 Å². The van der Waals surface area contributed by atoms with E-state index < -0.39 is 10.0 Å². The van der Waals surface area contributed by atoms with Crippen molar-refractivity contribution >= 4 is 38.9 Å². The number of sulfonamides is 1. The number of para-hydroxylation sites is 2. The summed E-state index contributed by atoms with van der Waals surface area (Å²) in [5.41, 5.74) is 1.64. The first-order valence-electron chi connectivity index (χ1n) is 7.89. The van der Waals surface area contributed by atoms with Crippen molar-refractivity contribution < 1.29 is 17.9 Å². The molecule has 0 aliphatic carbocycles. The van der Waals surface area contributed by atoms with Crippen molar-refractivity contribution in [3.63, 3.8) is 0 Å². The zero-order chi connectivity index (χ0) is 19.3. The van der Waals surface area contributed by atoms with E-state index in [9.17, 15) is 13.2 Å². The Kier molecular flexibility index (Phi) is 6.50. The Bertz CT molecular complexity index is 900. The summed E-state index contributed by atoms with van der Waals surface area (Å²) in [6, 6.07) is 12.0. The van der Waals surface area contributed by atoms with Gasteiger partial charge in [0.1, 0.15) is 5.75 Å². The number of carbonyl (C=O) groups excluding carboxylic acids is 1. The van der Waals surface area contributed by atoms with Crippen molar-refractivity contribution in [2.75, 3.05) is 29.5 Å². The largest absolute Gasteiger partial charge is 0.495 e. The summed E-state index contributed by atoms with van der Waals surface area (Å²) in [7, 11) is -2.06. The highest BCUT2D eigenvalue weighted by molar-refractivity contribution is 7.92. The van der Waals surface area contributed by atoms with E-state index in [1.165, 1.54) is 11.4 Å². The van der Waals surface area contributed by atoms with Crippen LogP contribution in [0, 0.1) is 6.92 Å². The highest BCUT2D eigenvalue weighted by Gasteiger charge is 2.21. The highest BCUT2D eigenvalue weighted by Crippen LogP contribution is 2.28. The van der Waals surface area contributed by atoms with Crippen LogP contribution in [-0.2, 0) is 14.8 Å². The molecule has 0 spiro atoms. The van der Waals surface area contributed by atoms with Crippen LogP contribution in [0.4, 0.5) is 11.4 Å². The van der Waals surface area contributed by atoms with Gasteiger partial charge in [-0.1, -0.05) is 29.8 Å². The van der Waals surface area contributed by atoms with E-state index in [2.05, 4.69) is 5.32 Å². The van der Waals surface area contributed by atoms with Crippen LogP contribution in [0.2, 0.25) is 5.02 Å². The maximum atomic E-state index is 12.3. The van der Waals surface area contributed by atoms with E-state index >= 15 is 0 Å². The predicted octanol–water partition coefficient (Wildman–Crippen LogP) is 3.45. The lowest BCUT2D eigenvalue weighted by molar-refractivity contribution is -0.116. The number of hydrogen-bond acceptors (Lipinski definition) is 4. The van der Waals surface area contributed by atoms with Crippen LogP contribution in [0.5, 0.6) is 5.75 Å². The lowest BCUT2D eigenvalue weighted by Gasteiger charge is -2.24. The maximum Gasteiger partial charge on any atom is 0.232 e. The molecular weight excluding hydrogens is 376 g/mol. The highest BCUT2D eigenvalue weighted by atomic mass is 35.5. The van der Waals surface area contributed by atoms with Gasteiger partial charge in [-0.15, -0.1) is 0 Å². The van der Waals surface area contributed by atoms with Gasteiger partial charge in [0.15, 0.2) is 0 Å². The first-order valence-corrected chi connectivity index (χ1v) is 10.1. The zero-order valence-corrected chi connectivity index (χ0v) is 16.4. The second kappa shape index (κ2) is 8.42. The van der Waals surface area contributed by atoms with E-state index in [0.29, 0.717) is 27.7 Å². The van der Waals surface area contributed by atoms with Gasteiger partial charge in [-0.25, -0.2) is 8.42 Å². The lowest BCUT2D eigenvalue weighted by Crippen LogP contribution is -2.33. The van der Waals surface area contributed by atoms with Gasteiger partial charge < -0.3 is 10.1 Å². The molecule has 0 aromatic heterocycles. The van der Waals surface area contributed by atoms with Gasteiger partial charge >= 0.3 is 0 Å². The summed E-state index contributed by atoms with van der Waals surface area (Å²) in [5, 5.41) is 3.20. The van der Waals surface area contributed by atoms with Crippen LogP contribution in [0.15, 0.2) is 42.5 Å². The first kappa shape index (κ1) is 20.1. The second-order valence-corrected chi connectivity index (χ2v) is 8.03. The molecular formula is C18H21ClN2O4S. The summed E-state index contributed by atoms with van der Waals surface area (Å²) in [4.78, 5) is 12.3. The van der Waals surface area contributed by atoms with Crippen LogP contribution in [0.3, 0.4) is 0 Å². The van der Waals surface area contributed by atoms with Crippen molar-refractivity contribution in [3.05, 3.63) is 53.1 Å². The number of nitrogens with zero attached hydrogens (tertiary/aromatic N) is 1. The summed E-state index contributed by atoms with van der Waals surface area (Å²) in [6.07, 6.45) is 1.09. The normalized spacial score (nSPS) is 11.1. The molecule has 0 aliphatic heterocycles. The lowest BCUT2D eigenvalue weighted by atomic mass is 10.2. The number of carbonyl (C=O) groups is 1. The van der Waals surface area contributed by atoms with E-state index in [0.717, 1.165) is 6.26 Å². The molecule has 0 atom stereocenters. The molecule has 26 heavy (non-hydrogen) atoms. The molecule has 6 nitrogen and oxygen atoms in total. The summed E-state index contributed by atoms with van der Waals surface area (Å²) >= 11 is 6.10. The number of ether oxygens (including phenoxy) is 1. The number of amides is 1. The molecule has 2 aromatic carbocycles. The number of halogens is 1. The first-order chi connectivity index (χ1) is 12.2. The topological polar surface area (TPSA) is 75.7 Å². The van der Waals surface area contributed by atoms with Gasteiger partial charge in [0, 0.05) is 18.0 Å². The average molecular weight is 397 g/mol. The summed E-state index contributed by atoms with van der Waals surface area (Å²) in [6.45, 7) is 1.74. The Balaban J connectivity index is 2.15. The van der Waals surface area contributed by atoms with Crippen LogP contribution in [0.1, 0.15) is 12.0 Å². The number of hydrogen-bond donors (Lipinski definition) is 1. The molecule has 0 saturated heterocycles. The van der Waals surface area contributed by atoms with Crippen molar-refractivity contribution in [1.82, 2.24) is 0 Å². The summed E-state index contributed by atoms with van der Waals surface area (Å²) < 4.78 is 30.8. The monoisotopic (exact) mass is 396 g/mol. The fourth-order valence-electron chi connectivity index (χ4n) is 2.49. The SMILES string of the molecule is COc1ccccc1NC(=O)CCN(c1cccc(Cl)c1C)S(C)(=O)=O. The van der Waals surface area contributed by atoms with Gasteiger partial charge in [-0.3, -0.25) is 9.10 Å². The van der Waals surface area contributed by atoms with E-state index in [1.54, 1.807) is 49.4 Å². The Labute approximate surface area is 158 Å². The molecule has 0 heterocycles. The second-order valence-electron chi connectivity index (χ2n) is 5.72. The van der Waals surface area contributed by atoms with Crippen LogP contribution >= 0.6 is 11.6 Å². The van der Waals surface area contributed by atoms with Gasteiger partial charge in [-0.2, -0.15) is 0 Å². The number of rotatable bonds is 7. The molecule has 2 aromatic rings. The van der Waals surface area contributed by atoms with Gasteiger partial charge in [0.05, 0.1) is 24.7 Å². The van der Waals surface area contributed by atoms with Crippen molar-refractivity contribution in [3.8, 4) is 5.75 Å². The third-order valence-electron chi connectivity index (χ3n) is 3.83. The molecule has 0 fully saturated rings. The molecule has 0 bridgehead atoms. The van der Waals surface area contributed by atoms with Gasteiger partial charge in [0.2, 0.25) is 15.9 Å². The molecule has 0 unspecified atom stereocenters. The molecule has 140 valence electrons. The van der Waals surface area contributed by atoms with E-state index in [4.69, 9.17) is 16.3 Å². The van der Waals surface area contributed by atoms with Crippen molar-refractivity contribution in [2.45, 2.75) is 13.3 Å². The molecule has 1 N–H and O–H groups in total. The van der Waals surface area contributed by atoms with Crippen LogP contribution in [0.25, 0.3) is 0 Å². The molecule has 2 rings (SSSR count). The maximum absolute atomic E-state index is 12.3. The quantitative estimate of drug-likeness (QED) is 0.777. The molecule has 1 amide bonds. The number of methoxy groups -OCH3 is 1. The average Bonchev–Trinajstić information content (AvgIpc) is 2.58. The van der Waals surface area contributed by atoms with Crippen LogP contribution < -0.4 is 14.4 Å². The number of nitrogens with one attached hydrogen (secondary N) is 1. The minimum atomic E-state index is -3.57. The fraction of sp³-hybridized carbons (Fsp3) is 0.278. The van der Waals surface area contributed by atoms with Crippen molar-refractivity contribution in [1.29, 1.82) is 0 Å². The molecule has 0 saturated carbocycles. The third kappa shape index (κ3) is 4.89. The Morgan fingerprint density at radius 1 is 1.19 bits per heavy atom. The van der Waals surface area contributed by atoms with Gasteiger partial charge in [0.25, 0.3) is 0 Å². The van der Waals surface area contributed by atoms with E-state index in [-0.39, 0.29) is 18.9 Å². The predicted molar refractivity (Wildman–Crippen MR) is 105 cm³/mol. The Morgan fingerprint density at radius 3 is 2.54 bits per heavy atom. The molecule has 8 heteroatoms. The Hall–Kier alpha value is -2.25. The smallest absolute Gasteiger partial charge is 0.232 e. The van der Waals surface area contributed by atoms with E-state index in [1.807, 2.05) is 0 Å². The Morgan fingerprint density at radius 2 is 1.88 bits per heavy atom. The minimum absolute atomic E-state index is 0.000990. The number of benzene rings is 2.